The summed E-state index contributed by atoms with van der Waals surface area (Å²) in [7, 11) is 0. The first-order chi connectivity index (χ1) is 35.5. The van der Waals surface area contributed by atoms with Crippen molar-refractivity contribution in [1.29, 1.82) is 0 Å². The average molecular weight is 1010 g/mol. The van der Waals surface area contributed by atoms with Crippen LogP contribution >= 0.6 is 0 Å². The average Bonchev–Trinajstić information content (AvgIpc) is 3.38. The van der Waals surface area contributed by atoms with Crippen molar-refractivity contribution in [1.82, 2.24) is 5.32 Å². The molecule has 0 aliphatic carbocycles. The Balaban J connectivity index is 3.41. The van der Waals surface area contributed by atoms with E-state index in [-0.39, 0.29) is 18.5 Å². The number of aliphatic hydroxyl groups excluding tert-OH is 2. The van der Waals surface area contributed by atoms with Gasteiger partial charge in [0.05, 0.1) is 25.4 Å². The first-order valence-corrected chi connectivity index (χ1v) is 32.6. The van der Waals surface area contributed by atoms with Gasteiger partial charge in [-0.15, -0.1) is 0 Å². The molecular weight excluding hydrogens is 887 g/mol. The fourth-order valence-electron chi connectivity index (χ4n) is 10.2. The summed E-state index contributed by atoms with van der Waals surface area (Å²) in [5.74, 6) is -0.0616. The predicted molar refractivity (Wildman–Crippen MR) is 315 cm³/mol. The maximum atomic E-state index is 12.5. The van der Waals surface area contributed by atoms with Gasteiger partial charge in [-0.1, -0.05) is 314 Å². The molecule has 0 rings (SSSR count). The van der Waals surface area contributed by atoms with E-state index in [0.717, 1.165) is 44.9 Å². The van der Waals surface area contributed by atoms with E-state index in [9.17, 15) is 19.8 Å². The number of carbonyl (C=O) groups excluding carboxylic acids is 2. The highest BCUT2D eigenvalue weighted by atomic mass is 16.5. The van der Waals surface area contributed by atoms with E-state index in [0.29, 0.717) is 19.4 Å². The van der Waals surface area contributed by atoms with Crippen molar-refractivity contribution in [3.8, 4) is 0 Å². The summed E-state index contributed by atoms with van der Waals surface area (Å²) in [6.45, 7) is 4.92. The molecular formula is C66H127NO5. The number of amides is 1. The van der Waals surface area contributed by atoms with Crippen LogP contribution in [0, 0.1) is 0 Å². The lowest BCUT2D eigenvalue weighted by molar-refractivity contribution is -0.143. The Hall–Kier alpha value is -1.66. The third-order valence-electron chi connectivity index (χ3n) is 15.2. The van der Waals surface area contributed by atoms with Gasteiger partial charge in [0, 0.05) is 12.8 Å². The zero-order chi connectivity index (χ0) is 52.2. The summed E-state index contributed by atoms with van der Waals surface area (Å²) >= 11 is 0. The fourth-order valence-corrected chi connectivity index (χ4v) is 10.2. The van der Waals surface area contributed by atoms with Gasteiger partial charge in [0.15, 0.2) is 0 Å². The quantitative estimate of drug-likeness (QED) is 0.0320. The number of esters is 1. The normalized spacial score (nSPS) is 12.7. The lowest BCUT2D eigenvalue weighted by Crippen LogP contribution is -2.45. The molecule has 3 N–H and O–H groups in total. The largest absolute Gasteiger partial charge is 0.466 e. The summed E-state index contributed by atoms with van der Waals surface area (Å²) in [5, 5.41) is 23.2. The molecule has 1 amide bonds. The van der Waals surface area contributed by atoms with E-state index in [2.05, 4.69) is 31.3 Å². The molecule has 6 heteroatoms. The molecule has 0 aliphatic heterocycles. The number of rotatable bonds is 61. The molecule has 2 atom stereocenters. The van der Waals surface area contributed by atoms with Crippen LogP contribution in [-0.2, 0) is 14.3 Å². The van der Waals surface area contributed by atoms with Crippen molar-refractivity contribution < 1.29 is 24.5 Å². The van der Waals surface area contributed by atoms with Gasteiger partial charge in [-0.3, -0.25) is 9.59 Å². The van der Waals surface area contributed by atoms with Gasteiger partial charge in [0.1, 0.15) is 0 Å². The third-order valence-corrected chi connectivity index (χ3v) is 15.2. The SMILES string of the molecule is CCCCCCCCC/C=C\CCCCCCCC(=O)OCCCCCCCCCCCCCCCCCCCCCCCC(=O)NC(CO)C(O)/C=C/CCCCCCCCCCCCCCCCCC. The maximum absolute atomic E-state index is 12.5. The smallest absolute Gasteiger partial charge is 0.305 e. The van der Waals surface area contributed by atoms with Crippen LogP contribution < -0.4 is 5.32 Å². The molecule has 0 radical (unpaired) electrons. The molecule has 2 unspecified atom stereocenters. The molecule has 72 heavy (non-hydrogen) atoms. The molecule has 0 spiro atoms. The zero-order valence-corrected chi connectivity index (χ0v) is 48.7. The minimum absolute atomic E-state index is 0.00460. The molecule has 0 heterocycles. The predicted octanol–water partition coefficient (Wildman–Crippen LogP) is 20.6. The maximum Gasteiger partial charge on any atom is 0.305 e. The number of ether oxygens (including phenoxy) is 1. The first-order valence-electron chi connectivity index (χ1n) is 32.6. The Kier molecular flexibility index (Phi) is 60.5. The van der Waals surface area contributed by atoms with Crippen molar-refractivity contribution in [2.24, 2.45) is 0 Å². The Morgan fingerprint density at radius 2 is 0.653 bits per heavy atom. The van der Waals surface area contributed by atoms with Gasteiger partial charge < -0.3 is 20.3 Å². The number of nitrogens with one attached hydrogen (secondary N) is 1. The van der Waals surface area contributed by atoms with Crippen LogP contribution in [0.2, 0.25) is 0 Å². The van der Waals surface area contributed by atoms with Crippen LogP contribution in [0.15, 0.2) is 24.3 Å². The molecule has 0 aromatic heterocycles. The molecule has 0 saturated carbocycles. The van der Waals surface area contributed by atoms with Crippen molar-refractivity contribution in [3.05, 3.63) is 24.3 Å². The topological polar surface area (TPSA) is 95.9 Å². The van der Waals surface area contributed by atoms with Crippen molar-refractivity contribution in [3.63, 3.8) is 0 Å². The highest BCUT2D eigenvalue weighted by Gasteiger charge is 2.18. The van der Waals surface area contributed by atoms with Crippen LogP contribution in [0.1, 0.15) is 361 Å². The second-order valence-electron chi connectivity index (χ2n) is 22.5. The summed E-state index contributed by atoms with van der Waals surface area (Å²) in [5.41, 5.74) is 0. The van der Waals surface area contributed by atoms with Gasteiger partial charge in [-0.25, -0.2) is 0 Å². The van der Waals surface area contributed by atoms with Gasteiger partial charge in [-0.05, 0) is 57.8 Å². The number of carbonyl (C=O) groups is 2. The summed E-state index contributed by atoms with van der Waals surface area (Å²) in [4.78, 5) is 24.6. The Labute approximate surface area is 450 Å². The number of hydrogen-bond donors (Lipinski definition) is 3. The van der Waals surface area contributed by atoms with E-state index in [1.165, 1.54) is 289 Å². The van der Waals surface area contributed by atoms with Gasteiger partial charge >= 0.3 is 5.97 Å². The minimum atomic E-state index is -0.845. The van der Waals surface area contributed by atoms with Crippen LogP contribution in [-0.4, -0.2) is 47.4 Å². The molecule has 6 nitrogen and oxygen atoms in total. The minimum Gasteiger partial charge on any atom is -0.466 e. The lowest BCUT2D eigenvalue weighted by Gasteiger charge is -2.20. The first kappa shape index (κ1) is 70.3. The van der Waals surface area contributed by atoms with Crippen molar-refractivity contribution in [2.75, 3.05) is 13.2 Å². The summed E-state index contributed by atoms with van der Waals surface area (Å²) < 4.78 is 5.49. The van der Waals surface area contributed by atoms with Gasteiger partial charge in [-0.2, -0.15) is 0 Å². The zero-order valence-electron chi connectivity index (χ0n) is 48.7. The molecule has 426 valence electrons. The molecule has 0 bridgehead atoms. The van der Waals surface area contributed by atoms with Crippen LogP contribution in [0.5, 0.6) is 0 Å². The van der Waals surface area contributed by atoms with Crippen LogP contribution in [0.4, 0.5) is 0 Å². The summed E-state index contributed by atoms with van der Waals surface area (Å²) in [6, 6.07) is -0.629. The molecule has 0 saturated heterocycles. The lowest BCUT2D eigenvalue weighted by atomic mass is 10.0. The fraction of sp³-hybridized carbons (Fsp3) is 0.909. The Bertz CT molecular complexity index is 1120. The number of aliphatic hydroxyl groups is 2. The van der Waals surface area contributed by atoms with E-state index in [1.54, 1.807) is 6.08 Å². The monoisotopic (exact) mass is 1010 g/mol. The third kappa shape index (κ3) is 57.6. The molecule has 0 aromatic rings. The molecule has 0 aromatic carbocycles. The summed E-state index contributed by atoms with van der Waals surface area (Å²) in [6.07, 6.45) is 76.5. The van der Waals surface area contributed by atoms with E-state index >= 15 is 0 Å². The van der Waals surface area contributed by atoms with Gasteiger partial charge in [0.2, 0.25) is 5.91 Å². The van der Waals surface area contributed by atoms with Crippen molar-refractivity contribution in [2.45, 2.75) is 373 Å². The second kappa shape index (κ2) is 61.9. The molecule has 0 fully saturated rings. The second-order valence-corrected chi connectivity index (χ2v) is 22.5. The van der Waals surface area contributed by atoms with Crippen molar-refractivity contribution >= 4 is 11.9 Å². The number of allylic oxidation sites excluding steroid dienone is 3. The van der Waals surface area contributed by atoms with Gasteiger partial charge in [0.25, 0.3) is 0 Å². The van der Waals surface area contributed by atoms with E-state index < -0.39 is 12.1 Å². The highest BCUT2D eigenvalue weighted by molar-refractivity contribution is 5.76. The Morgan fingerprint density at radius 3 is 0.986 bits per heavy atom. The standard InChI is InChI=1S/C66H127NO5/c1-3-5-7-9-11-13-15-17-19-21-27-30-34-38-42-46-50-54-58-64(69)63(62-68)67-65(70)59-55-51-47-43-39-35-31-28-25-23-22-24-26-29-33-37-41-45-49-53-57-61-72-66(71)60-56-52-48-44-40-36-32-20-18-16-14-12-10-8-6-4-2/h20,32,54,58,63-64,68-69H,3-19,21-31,33-53,55-57,59-62H2,1-2H3,(H,67,70)/b32-20-,58-54+. The van der Waals surface area contributed by atoms with E-state index in [4.69, 9.17) is 4.74 Å². The number of unbranched alkanes of at least 4 members (excludes halogenated alkanes) is 48. The molecule has 0 aliphatic rings. The number of hydrogen-bond acceptors (Lipinski definition) is 5. The highest BCUT2D eigenvalue weighted by Crippen LogP contribution is 2.18. The van der Waals surface area contributed by atoms with Crippen LogP contribution in [0.25, 0.3) is 0 Å². The van der Waals surface area contributed by atoms with E-state index in [1.807, 2.05) is 6.08 Å². The van der Waals surface area contributed by atoms with Crippen LogP contribution in [0.3, 0.4) is 0 Å². The Morgan fingerprint density at radius 1 is 0.375 bits per heavy atom.